The van der Waals surface area contributed by atoms with Crippen molar-refractivity contribution in [2.24, 2.45) is 0 Å². The molecule has 0 aliphatic carbocycles. The van der Waals surface area contributed by atoms with E-state index < -0.39 is 5.60 Å². The molecule has 84 valence electrons. The third kappa shape index (κ3) is 2.23. The summed E-state index contributed by atoms with van der Waals surface area (Å²) in [7, 11) is 0. The lowest BCUT2D eigenvalue weighted by molar-refractivity contribution is 0.0271. The predicted molar refractivity (Wildman–Crippen MR) is 65.1 cm³/mol. The number of hydrogen-bond donors (Lipinski definition) is 1. The van der Waals surface area contributed by atoms with Gasteiger partial charge in [-0.2, -0.15) is 0 Å². The quantitative estimate of drug-likeness (QED) is 0.801. The molecule has 0 bridgehead atoms. The molecule has 0 fully saturated rings. The minimum absolute atomic E-state index is 0.651. The van der Waals surface area contributed by atoms with Gasteiger partial charge in [-0.05, 0) is 50.3 Å². The van der Waals surface area contributed by atoms with E-state index in [1.807, 2.05) is 13.8 Å². The Bertz CT molecular complexity index is 325. The molecule has 1 aromatic rings. The van der Waals surface area contributed by atoms with Crippen molar-refractivity contribution in [3.8, 4) is 0 Å². The van der Waals surface area contributed by atoms with Gasteiger partial charge in [0, 0.05) is 0 Å². The van der Waals surface area contributed by atoms with Crippen molar-refractivity contribution < 1.29 is 5.11 Å². The van der Waals surface area contributed by atoms with E-state index in [4.69, 9.17) is 0 Å². The molecule has 1 aromatic carbocycles. The minimum atomic E-state index is -0.651. The van der Waals surface area contributed by atoms with Crippen molar-refractivity contribution in [2.75, 3.05) is 0 Å². The van der Waals surface area contributed by atoms with Gasteiger partial charge in [-0.3, -0.25) is 0 Å². The Balaban J connectivity index is 3.36. The topological polar surface area (TPSA) is 20.2 Å². The van der Waals surface area contributed by atoms with Crippen LogP contribution in [-0.4, -0.2) is 5.11 Å². The first-order valence-electron chi connectivity index (χ1n) is 5.75. The molecule has 0 atom stereocenters. The highest BCUT2D eigenvalue weighted by molar-refractivity contribution is 5.41. The van der Waals surface area contributed by atoms with E-state index in [0.29, 0.717) is 0 Å². The maximum absolute atomic E-state index is 10.6. The molecule has 0 heterocycles. The van der Waals surface area contributed by atoms with Crippen molar-refractivity contribution in [2.45, 2.75) is 53.1 Å². The summed E-state index contributed by atoms with van der Waals surface area (Å²) in [5.41, 5.74) is 4.15. The van der Waals surface area contributed by atoms with Crippen LogP contribution in [0.3, 0.4) is 0 Å². The molecule has 0 radical (unpaired) electrons. The van der Waals surface area contributed by atoms with E-state index in [9.17, 15) is 5.11 Å². The Morgan fingerprint density at radius 1 is 1.00 bits per heavy atom. The average Bonchev–Trinajstić information content (AvgIpc) is 2.15. The van der Waals surface area contributed by atoms with Crippen LogP contribution in [-0.2, 0) is 5.60 Å². The van der Waals surface area contributed by atoms with Gasteiger partial charge >= 0.3 is 0 Å². The largest absolute Gasteiger partial charge is 0.385 e. The summed E-state index contributed by atoms with van der Waals surface area (Å²) >= 11 is 0. The summed E-state index contributed by atoms with van der Waals surface area (Å²) in [4.78, 5) is 0. The average molecular weight is 206 g/mol. The van der Waals surface area contributed by atoms with E-state index in [2.05, 4.69) is 32.9 Å². The van der Waals surface area contributed by atoms with Gasteiger partial charge in [0.05, 0.1) is 5.60 Å². The Morgan fingerprint density at radius 3 is 1.73 bits per heavy atom. The monoisotopic (exact) mass is 206 g/mol. The summed E-state index contributed by atoms with van der Waals surface area (Å²) in [6, 6.07) is 4.30. The van der Waals surface area contributed by atoms with E-state index >= 15 is 0 Å². The van der Waals surface area contributed by atoms with Crippen LogP contribution in [0.2, 0.25) is 0 Å². The van der Waals surface area contributed by atoms with Gasteiger partial charge in [-0.25, -0.2) is 0 Å². The second-order valence-corrected chi connectivity index (χ2v) is 4.51. The van der Waals surface area contributed by atoms with E-state index in [1.54, 1.807) is 0 Å². The molecule has 0 spiro atoms. The minimum Gasteiger partial charge on any atom is -0.385 e. The van der Waals surface area contributed by atoms with Crippen LogP contribution >= 0.6 is 0 Å². The Morgan fingerprint density at radius 2 is 1.40 bits per heavy atom. The lowest BCUT2D eigenvalue weighted by atomic mass is 9.82. The molecule has 0 aromatic heterocycles. The van der Waals surface area contributed by atoms with Crippen LogP contribution in [0.25, 0.3) is 0 Å². The first-order valence-corrected chi connectivity index (χ1v) is 5.75. The van der Waals surface area contributed by atoms with E-state index in [0.717, 1.165) is 18.4 Å². The smallest absolute Gasteiger partial charge is 0.0896 e. The third-order valence-electron chi connectivity index (χ3n) is 3.31. The van der Waals surface area contributed by atoms with E-state index in [-0.39, 0.29) is 0 Å². The van der Waals surface area contributed by atoms with Gasteiger partial charge < -0.3 is 5.11 Å². The second-order valence-electron chi connectivity index (χ2n) is 4.51. The Labute approximate surface area is 93.1 Å². The fourth-order valence-corrected chi connectivity index (χ4v) is 2.52. The highest BCUT2D eigenvalue weighted by atomic mass is 16.3. The van der Waals surface area contributed by atoms with Crippen LogP contribution in [0.1, 0.15) is 48.9 Å². The van der Waals surface area contributed by atoms with Crippen LogP contribution in [0.15, 0.2) is 12.1 Å². The molecule has 15 heavy (non-hydrogen) atoms. The normalized spacial score (nSPS) is 11.9. The van der Waals surface area contributed by atoms with Gasteiger partial charge in [0.15, 0.2) is 0 Å². The van der Waals surface area contributed by atoms with Crippen molar-refractivity contribution >= 4 is 0 Å². The summed E-state index contributed by atoms with van der Waals surface area (Å²) in [5.74, 6) is 0. The molecule has 1 nitrogen and oxygen atoms in total. The second kappa shape index (κ2) is 4.36. The summed E-state index contributed by atoms with van der Waals surface area (Å²) in [6.07, 6.45) is 1.54. The van der Waals surface area contributed by atoms with Crippen molar-refractivity contribution in [1.82, 2.24) is 0 Å². The van der Waals surface area contributed by atoms with Crippen molar-refractivity contribution in [1.29, 1.82) is 0 Å². The number of rotatable bonds is 3. The van der Waals surface area contributed by atoms with Gasteiger partial charge in [-0.15, -0.1) is 0 Å². The maximum Gasteiger partial charge on any atom is 0.0896 e. The molecule has 0 saturated heterocycles. The van der Waals surface area contributed by atoms with E-state index in [1.165, 1.54) is 16.7 Å². The summed E-state index contributed by atoms with van der Waals surface area (Å²) in [5, 5.41) is 10.6. The zero-order valence-electron chi connectivity index (χ0n) is 10.5. The zero-order valence-corrected chi connectivity index (χ0v) is 10.5. The van der Waals surface area contributed by atoms with Gasteiger partial charge in [0.1, 0.15) is 0 Å². The predicted octanol–water partition coefficient (Wildman–Crippen LogP) is 3.62. The van der Waals surface area contributed by atoms with Crippen LogP contribution < -0.4 is 0 Å². The highest BCUT2D eigenvalue weighted by Gasteiger charge is 2.28. The summed E-state index contributed by atoms with van der Waals surface area (Å²) < 4.78 is 0. The fourth-order valence-electron chi connectivity index (χ4n) is 2.52. The van der Waals surface area contributed by atoms with Crippen LogP contribution in [0.5, 0.6) is 0 Å². The lowest BCUT2D eigenvalue weighted by Crippen LogP contribution is -2.26. The fraction of sp³-hybridized carbons (Fsp3) is 0.571. The molecule has 0 aliphatic rings. The Kier molecular flexibility index (Phi) is 3.56. The molecule has 1 rings (SSSR count). The van der Waals surface area contributed by atoms with Gasteiger partial charge in [0.25, 0.3) is 0 Å². The number of benzene rings is 1. The SMILES string of the molecule is CCC(O)(CC)c1c(C)cc(C)cc1C. The molecular weight excluding hydrogens is 184 g/mol. The molecule has 0 saturated carbocycles. The zero-order chi connectivity index (χ0) is 11.6. The van der Waals surface area contributed by atoms with Gasteiger partial charge in [0.2, 0.25) is 0 Å². The van der Waals surface area contributed by atoms with Crippen LogP contribution in [0, 0.1) is 20.8 Å². The first kappa shape index (κ1) is 12.3. The Hall–Kier alpha value is -0.820. The van der Waals surface area contributed by atoms with Crippen molar-refractivity contribution in [3.05, 3.63) is 34.4 Å². The molecule has 1 N–H and O–H groups in total. The molecule has 0 aliphatic heterocycles. The third-order valence-corrected chi connectivity index (χ3v) is 3.31. The van der Waals surface area contributed by atoms with Crippen molar-refractivity contribution in [3.63, 3.8) is 0 Å². The molecule has 0 amide bonds. The van der Waals surface area contributed by atoms with Crippen LogP contribution in [0.4, 0.5) is 0 Å². The molecular formula is C14H22O. The first-order chi connectivity index (χ1) is 6.94. The lowest BCUT2D eigenvalue weighted by Gasteiger charge is -2.29. The number of aliphatic hydroxyl groups is 1. The molecule has 0 unspecified atom stereocenters. The van der Waals surface area contributed by atoms with Gasteiger partial charge in [-0.1, -0.05) is 31.5 Å². The molecule has 1 heteroatoms. The number of aryl methyl sites for hydroxylation is 3. The maximum atomic E-state index is 10.6. The highest BCUT2D eigenvalue weighted by Crippen LogP contribution is 2.33. The number of hydrogen-bond acceptors (Lipinski definition) is 1. The standard InChI is InChI=1S/C14H22O/c1-6-14(15,7-2)13-11(4)8-10(3)9-12(13)5/h8-9,15H,6-7H2,1-5H3. The summed E-state index contributed by atoms with van der Waals surface area (Å²) in [6.45, 7) is 10.4.